The van der Waals surface area contributed by atoms with Gasteiger partial charge in [0, 0.05) is 10.5 Å². The minimum Gasteiger partial charge on any atom is -0.327 e. The first kappa shape index (κ1) is 17.6. The fraction of sp³-hybridized carbons (Fsp3) is 0.647. The van der Waals surface area contributed by atoms with Gasteiger partial charge < -0.3 is 5.73 Å². The molecule has 20 heavy (non-hydrogen) atoms. The molecule has 0 aromatic heterocycles. The Bertz CT molecular complexity index is 381. The zero-order valence-corrected chi connectivity index (χ0v) is 14.1. The molecular formula is C17H27BrFN. The van der Waals surface area contributed by atoms with Crippen molar-refractivity contribution < 1.29 is 4.39 Å². The molecule has 1 rings (SSSR count). The standard InChI is InChI=1S/C17H27BrFN/c1-2-3-4-5-6-7-8-9-16(20)12-14-10-11-15(19)13-17(14)18/h10-11,13,16H,2-9,12,20H2,1H3. The lowest BCUT2D eigenvalue weighted by molar-refractivity contribution is 0.527. The van der Waals surface area contributed by atoms with Crippen LogP contribution in [0.4, 0.5) is 4.39 Å². The average molecular weight is 344 g/mol. The van der Waals surface area contributed by atoms with Gasteiger partial charge in [-0.2, -0.15) is 0 Å². The molecule has 1 atom stereocenters. The summed E-state index contributed by atoms with van der Waals surface area (Å²) in [6, 6.07) is 5.01. The molecular weight excluding hydrogens is 317 g/mol. The maximum Gasteiger partial charge on any atom is 0.124 e. The monoisotopic (exact) mass is 343 g/mol. The van der Waals surface area contributed by atoms with Crippen molar-refractivity contribution in [1.29, 1.82) is 0 Å². The van der Waals surface area contributed by atoms with Gasteiger partial charge in [-0.1, -0.05) is 73.9 Å². The third kappa shape index (κ3) is 7.39. The van der Waals surface area contributed by atoms with Gasteiger partial charge in [-0.3, -0.25) is 0 Å². The first-order chi connectivity index (χ1) is 9.63. The summed E-state index contributed by atoms with van der Waals surface area (Å²) in [5.74, 6) is -0.207. The molecule has 0 radical (unpaired) electrons. The van der Waals surface area contributed by atoms with Crippen LogP contribution < -0.4 is 5.73 Å². The summed E-state index contributed by atoms with van der Waals surface area (Å²) in [6.07, 6.45) is 11.1. The van der Waals surface area contributed by atoms with Crippen molar-refractivity contribution >= 4 is 15.9 Å². The Balaban J connectivity index is 2.15. The van der Waals surface area contributed by atoms with E-state index < -0.39 is 0 Å². The minimum atomic E-state index is -0.207. The van der Waals surface area contributed by atoms with Crippen LogP contribution in [-0.4, -0.2) is 6.04 Å². The number of hydrogen-bond acceptors (Lipinski definition) is 1. The third-order valence-electron chi connectivity index (χ3n) is 3.68. The van der Waals surface area contributed by atoms with Gasteiger partial charge in [-0.15, -0.1) is 0 Å². The maximum atomic E-state index is 13.0. The van der Waals surface area contributed by atoms with E-state index in [2.05, 4.69) is 22.9 Å². The molecule has 1 aromatic rings. The summed E-state index contributed by atoms with van der Waals surface area (Å²) in [5.41, 5.74) is 7.26. The summed E-state index contributed by atoms with van der Waals surface area (Å²) in [4.78, 5) is 0. The Labute approximate surface area is 131 Å². The lowest BCUT2D eigenvalue weighted by Gasteiger charge is -2.13. The van der Waals surface area contributed by atoms with Gasteiger partial charge in [0.2, 0.25) is 0 Å². The second-order valence-electron chi connectivity index (χ2n) is 5.61. The van der Waals surface area contributed by atoms with E-state index in [4.69, 9.17) is 5.73 Å². The van der Waals surface area contributed by atoms with Crippen LogP contribution >= 0.6 is 15.9 Å². The van der Waals surface area contributed by atoms with E-state index >= 15 is 0 Å². The van der Waals surface area contributed by atoms with Gasteiger partial charge in [0.1, 0.15) is 5.82 Å². The Morgan fingerprint density at radius 1 is 1.10 bits per heavy atom. The van der Waals surface area contributed by atoms with Crippen LogP contribution in [0.15, 0.2) is 22.7 Å². The highest BCUT2D eigenvalue weighted by molar-refractivity contribution is 9.10. The van der Waals surface area contributed by atoms with Crippen LogP contribution in [0.3, 0.4) is 0 Å². The van der Waals surface area contributed by atoms with Crippen LogP contribution in [0, 0.1) is 5.82 Å². The second-order valence-corrected chi connectivity index (χ2v) is 6.46. The molecule has 0 amide bonds. The Hall–Kier alpha value is -0.410. The zero-order valence-electron chi connectivity index (χ0n) is 12.5. The summed E-state index contributed by atoms with van der Waals surface area (Å²) >= 11 is 3.40. The van der Waals surface area contributed by atoms with Crippen LogP contribution in [0.2, 0.25) is 0 Å². The highest BCUT2D eigenvalue weighted by atomic mass is 79.9. The summed E-state index contributed by atoms with van der Waals surface area (Å²) < 4.78 is 13.8. The first-order valence-corrected chi connectivity index (χ1v) is 8.62. The summed E-state index contributed by atoms with van der Waals surface area (Å²) in [5, 5.41) is 0. The average Bonchev–Trinajstić information content (AvgIpc) is 2.41. The largest absolute Gasteiger partial charge is 0.327 e. The minimum absolute atomic E-state index is 0.174. The summed E-state index contributed by atoms with van der Waals surface area (Å²) in [6.45, 7) is 2.24. The van der Waals surface area contributed by atoms with Crippen LogP contribution in [0.25, 0.3) is 0 Å². The smallest absolute Gasteiger partial charge is 0.124 e. The predicted molar refractivity (Wildman–Crippen MR) is 88.4 cm³/mol. The molecule has 0 bridgehead atoms. The number of rotatable bonds is 10. The molecule has 1 aromatic carbocycles. The molecule has 0 aliphatic rings. The van der Waals surface area contributed by atoms with Crippen molar-refractivity contribution in [3.63, 3.8) is 0 Å². The first-order valence-electron chi connectivity index (χ1n) is 7.83. The third-order valence-corrected chi connectivity index (χ3v) is 4.41. The van der Waals surface area contributed by atoms with E-state index in [1.165, 1.54) is 57.1 Å². The zero-order chi connectivity index (χ0) is 14.8. The highest BCUT2D eigenvalue weighted by Gasteiger charge is 2.07. The highest BCUT2D eigenvalue weighted by Crippen LogP contribution is 2.20. The Morgan fingerprint density at radius 3 is 2.40 bits per heavy atom. The van der Waals surface area contributed by atoms with Crippen molar-refractivity contribution in [3.05, 3.63) is 34.1 Å². The fourth-order valence-electron chi connectivity index (χ4n) is 2.44. The fourth-order valence-corrected chi connectivity index (χ4v) is 2.95. The molecule has 0 aliphatic carbocycles. The molecule has 0 saturated carbocycles. The number of unbranched alkanes of at least 4 members (excludes halogenated alkanes) is 6. The van der Waals surface area contributed by atoms with Gasteiger partial charge in [0.25, 0.3) is 0 Å². The quantitative estimate of drug-likeness (QED) is 0.550. The molecule has 0 heterocycles. The predicted octanol–water partition coefficient (Wildman–Crippen LogP) is 5.60. The van der Waals surface area contributed by atoms with Crippen molar-refractivity contribution in [2.75, 3.05) is 0 Å². The van der Waals surface area contributed by atoms with Crippen molar-refractivity contribution in [3.8, 4) is 0 Å². The van der Waals surface area contributed by atoms with E-state index in [1.54, 1.807) is 0 Å². The second kappa shape index (κ2) is 10.3. The lowest BCUT2D eigenvalue weighted by Crippen LogP contribution is -2.22. The Morgan fingerprint density at radius 2 is 1.75 bits per heavy atom. The lowest BCUT2D eigenvalue weighted by atomic mass is 10.0. The topological polar surface area (TPSA) is 26.0 Å². The van der Waals surface area contributed by atoms with Crippen LogP contribution in [0.1, 0.15) is 63.9 Å². The maximum absolute atomic E-state index is 13.0. The van der Waals surface area contributed by atoms with Gasteiger partial charge in [0.05, 0.1) is 0 Å². The number of halogens is 2. The Kier molecular flexibility index (Phi) is 9.12. The van der Waals surface area contributed by atoms with E-state index in [0.717, 1.165) is 22.9 Å². The number of hydrogen-bond donors (Lipinski definition) is 1. The molecule has 0 aliphatic heterocycles. The molecule has 1 nitrogen and oxygen atoms in total. The molecule has 114 valence electrons. The normalized spacial score (nSPS) is 12.6. The molecule has 0 saturated heterocycles. The van der Waals surface area contributed by atoms with E-state index in [9.17, 15) is 4.39 Å². The molecule has 0 fully saturated rings. The van der Waals surface area contributed by atoms with Gasteiger partial charge >= 0.3 is 0 Å². The van der Waals surface area contributed by atoms with Gasteiger partial charge in [0.15, 0.2) is 0 Å². The van der Waals surface area contributed by atoms with Crippen molar-refractivity contribution in [2.45, 2.75) is 70.8 Å². The van der Waals surface area contributed by atoms with Crippen LogP contribution in [-0.2, 0) is 6.42 Å². The van der Waals surface area contributed by atoms with Crippen molar-refractivity contribution in [1.82, 2.24) is 0 Å². The van der Waals surface area contributed by atoms with E-state index in [0.29, 0.717) is 0 Å². The number of nitrogens with two attached hydrogens (primary N) is 1. The molecule has 0 spiro atoms. The van der Waals surface area contributed by atoms with Crippen molar-refractivity contribution in [2.24, 2.45) is 5.73 Å². The molecule has 3 heteroatoms. The number of benzene rings is 1. The van der Waals surface area contributed by atoms with E-state index in [-0.39, 0.29) is 11.9 Å². The molecule has 1 unspecified atom stereocenters. The summed E-state index contributed by atoms with van der Waals surface area (Å²) in [7, 11) is 0. The molecule has 2 N–H and O–H groups in total. The van der Waals surface area contributed by atoms with Gasteiger partial charge in [-0.05, 0) is 30.5 Å². The van der Waals surface area contributed by atoms with E-state index in [1.807, 2.05) is 6.07 Å². The van der Waals surface area contributed by atoms with Gasteiger partial charge in [-0.25, -0.2) is 4.39 Å². The SMILES string of the molecule is CCCCCCCCCC(N)Cc1ccc(F)cc1Br. The van der Waals surface area contributed by atoms with Crippen LogP contribution in [0.5, 0.6) is 0 Å².